The molecule has 0 bridgehead atoms. The van der Waals surface area contributed by atoms with Crippen LogP contribution in [0.15, 0.2) is 59.8 Å². The molecule has 1 unspecified atom stereocenters. The van der Waals surface area contributed by atoms with E-state index in [0.29, 0.717) is 0 Å². The Labute approximate surface area is 152 Å². The number of fused-ring (bicyclic) bond motifs is 1. The van der Waals surface area contributed by atoms with Crippen LogP contribution in [-0.2, 0) is 9.84 Å². The number of imidazole rings is 1. The van der Waals surface area contributed by atoms with E-state index in [1.807, 2.05) is 31.2 Å². The highest BCUT2D eigenvalue weighted by atomic mass is 32.2. The molecule has 0 saturated carbocycles. The van der Waals surface area contributed by atoms with Crippen LogP contribution in [0.4, 0.5) is 4.79 Å². The maximum absolute atomic E-state index is 12.6. The number of hydrogen-bond donors (Lipinski definition) is 1. The molecule has 0 aliphatic heterocycles. The Balaban J connectivity index is 1.75. The number of rotatable bonds is 4. The fourth-order valence-electron chi connectivity index (χ4n) is 2.62. The van der Waals surface area contributed by atoms with E-state index in [-0.39, 0.29) is 17.0 Å². The first kappa shape index (κ1) is 17.9. The van der Waals surface area contributed by atoms with Crippen LogP contribution in [0.5, 0.6) is 0 Å². The van der Waals surface area contributed by atoms with Crippen molar-refractivity contribution in [3.05, 3.63) is 60.4 Å². The van der Waals surface area contributed by atoms with E-state index < -0.39 is 9.84 Å². The number of nitrogens with zero attached hydrogens (tertiary/aromatic N) is 3. The van der Waals surface area contributed by atoms with Gasteiger partial charge in [0.1, 0.15) is 6.33 Å². The Bertz CT molecular complexity index is 1040. The fraction of sp³-hybridized carbons (Fsp3) is 0.222. The normalized spacial score (nSPS) is 12.7. The zero-order valence-corrected chi connectivity index (χ0v) is 15.6. The van der Waals surface area contributed by atoms with E-state index in [4.69, 9.17) is 0 Å². The molecule has 136 valence electrons. The number of amides is 2. The van der Waals surface area contributed by atoms with Gasteiger partial charge in [0.15, 0.2) is 9.84 Å². The molecule has 3 aromatic rings. The second-order valence-electron chi connectivity index (χ2n) is 6.15. The van der Waals surface area contributed by atoms with Gasteiger partial charge in [-0.25, -0.2) is 28.3 Å². The minimum atomic E-state index is -3.24. The lowest BCUT2D eigenvalue weighted by atomic mass is 10.1. The Morgan fingerprint density at radius 2 is 1.81 bits per heavy atom. The summed E-state index contributed by atoms with van der Waals surface area (Å²) >= 11 is 0. The molecule has 0 aliphatic carbocycles. The van der Waals surface area contributed by atoms with Crippen molar-refractivity contribution in [2.45, 2.75) is 17.9 Å². The van der Waals surface area contributed by atoms with Gasteiger partial charge >= 0.3 is 6.03 Å². The Morgan fingerprint density at radius 3 is 2.46 bits per heavy atom. The number of benzene rings is 2. The number of hydrogen-bond acceptors (Lipinski definition) is 4. The van der Waals surface area contributed by atoms with Crippen LogP contribution < -0.4 is 5.43 Å². The zero-order chi connectivity index (χ0) is 18.9. The van der Waals surface area contributed by atoms with Crippen molar-refractivity contribution in [1.82, 2.24) is 14.6 Å². The summed E-state index contributed by atoms with van der Waals surface area (Å²) in [6.45, 7) is 1.88. The lowest BCUT2D eigenvalue weighted by molar-refractivity contribution is 0.205. The lowest BCUT2D eigenvalue weighted by Crippen LogP contribution is -2.37. The van der Waals surface area contributed by atoms with Gasteiger partial charge in [0.25, 0.3) is 0 Å². The molecule has 1 N–H and O–H groups in total. The molecule has 1 aromatic heterocycles. The van der Waals surface area contributed by atoms with Crippen LogP contribution in [0.25, 0.3) is 11.0 Å². The molecule has 1 heterocycles. The van der Waals surface area contributed by atoms with Crippen molar-refractivity contribution < 1.29 is 13.2 Å². The van der Waals surface area contributed by atoms with Gasteiger partial charge in [-0.3, -0.25) is 0 Å². The van der Waals surface area contributed by atoms with Crippen LogP contribution in [0, 0.1) is 0 Å². The van der Waals surface area contributed by atoms with E-state index in [9.17, 15) is 13.2 Å². The van der Waals surface area contributed by atoms with Crippen molar-refractivity contribution in [2.75, 3.05) is 18.7 Å². The summed E-state index contributed by atoms with van der Waals surface area (Å²) < 4.78 is 24.7. The molecule has 2 aromatic carbocycles. The first-order chi connectivity index (χ1) is 12.3. The number of carbonyl (C=O) groups is 1. The SMILES string of the molecule is CC(c1ccc(S(C)(=O)=O)cc1)N(C)C(=O)Nn1cnc2ccccc21. The van der Waals surface area contributed by atoms with Crippen LogP contribution in [0.2, 0.25) is 0 Å². The van der Waals surface area contributed by atoms with Crippen LogP contribution >= 0.6 is 0 Å². The molecule has 3 rings (SSSR count). The minimum absolute atomic E-state index is 0.238. The molecule has 0 spiro atoms. The summed E-state index contributed by atoms with van der Waals surface area (Å²) in [5.74, 6) is 0. The predicted molar refractivity (Wildman–Crippen MR) is 100 cm³/mol. The molecule has 0 radical (unpaired) electrons. The molecule has 2 amide bonds. The second kappa shape index (κ2) is 6.80. The molecule has 0 aliphatic rings. The summed E-state index contributed by atoms with van der Waals surface area (Å²) in [4.78, 5) is 18.6. The lowest BCUT2D eigenvalue weighted by Gasteiger charge is -2.26. The third-order valence-corrected chi connectivity index (χ3v) is 5.49. The average molecular weight is 372 g/mol. The average Bonchev–Trinajstić information content (AvgIpc) is 3.03. The molecular formula is C18H20N4O3S. The molecule has 0 saturated heterocycles. The highest BCUT2D eigenvalue weighted by molar-refractivity contribution is 7.90. The molecule has 7 nitrogen and oxygen atoms in total. The Kier molecular flexibility index (Phi) is 4.69. The standard InChI is InChI=1S/C18H20N4O3S/c1-13(14-8-10-15(11-9-14)26(3,24)25)21(2)18(23)20-22-12-19-16-6-4-5-7-17(16)22/h4-13H,1-3H3,(H,20,23). The molecule has 1 atom stereocenters. The summed E-state index contributed by atoms with van der Waals surface area (Å²) in [6, 6.07) is 13.5. The molecule has 0 fully saturated rings. The monoisotopic (exact) mass is 372 g/mol. The summed E-state index contributed by atoms with van der Waals surface area (Å²) in [5, 5.41) is 0. The zero-order valence-electron chi connectivity index (χ0n) is 14.7. The second-order valence-corrected chi connectivity index (χ2v) is 8.16. The van der Waals surface area contributed by atoms with Crippen molar-refractivity contribution in [2.24, 2.45) is 0 Å². The smallest absolute Gasteiger partial charge is 0.320 e. The van der Waals surface area contributed by atoms with Gasteiger partial charge in [-0.1, -0.05) is 24.3 Å². The Hall–Kier alpha value is -2.87. The van der Waals surface area contributed by atoms with Gasteiger partial charge < -0.3 is 4.90 Å². The van der Waals surface area contributed by atoms with Gasteiger partial charge in [0.2, 0.25) is 0 Å². The van der Waals surface area contributed by atoms with Crippen molar-refractivity contribution in [3.8, 4) is 0 Å². The number of carbonyl (C=O) groups excluding carboxylic acids is 1. The summed E-state index contributed by atoms with van der Waals surface area (Å²) in [5.41, 5.74) is 5.23. The molecule has 26 heavy (non-hydrogen) atoms. The Morgan fingerprint density at radius 1 is 1.15 bits per heavy atom. The number of aromatic nitrogens is 2. The summed E-state index contributed by atoms with van der Waals surface area (Å²) in [7, 11) is -1.56. The van der Waals surface area contributed by atoms with E-state index in [1.54, 1.807) is 47.2 Å². The highest BCUT2D eigenvalue weighted by Crippen LogP contribution is 2.21. The van der Waals surface area contributed by atoms with E-state index in [0.717, 1.165) is 16.6 Å². The fourth-order valence-corrected chi connectivity index (χ4v) is 3.25. The third kappa shape index (κ3) is 3.55. The van der Waals surface area contributed by atoms with Gasteiger partial charge in [-0.15, -0.1) is 0 Å². The molecular weight excluding hydrogens is 352 g/mol. The maximum Gasteiger partial charge on any atom is 0.336 e. The first-order valence-electron chi connectivity index (χ1n) is 8.03. The third-order valence-electron chi connectivity index (χ3n) is 4.36. The van der Waals surface area contributed by atoms with Gasteiger partial charge in [-0.05, 0) is 36.8 Å². The van der Waals surface area contributed by atoms with Crippen LogP contribution in [0.3, 0.4) is 0 Å². The quantitative estimate of drug-likeness (QED) is 0.763. The van der Waals surface area contributed by atoms with Crippen molar-refractivity contribution >= 4 is 26.9 Å². The number of urea groups is 1. The maximum atomic E-state index is 12.6. The van der Waals surface area contributed by atoms with E-state index in [1.165, 1.54) is 6.26 Å². The van der Waals surface area contributed by atoms with Crippen molar-refractivity contribution in [1.29, 1.82) is 0 Å². The summed E-state index contributed by atoms with van der Waals surface area (Å²) in [6.07, 6.45) is 2.72. The van der Waals surface area contributed by atoms with E-state index in [2.05, 4.69) is 10.4 Å². The van der Waals surface area contributed by atoms with Gasteiger partial charge in [0, 0.05) is 13.3 Å². The van der Waals surface area contributed by atoms with Gasteiger partial charge in [0.05, 0.1) is 22.0 Å². The molecule has 8 heteroatoms. The van der Waals surface area contributed by atoms with Crippen molar-refractivity contribution in [3.63, 3.8) is 0 Å². The predicted octanol–water partition coefficient (Wildman–Crippen LogP) is 2.80. The first-order valence-corrected chi connectivity index (χ1v) is 9.92. The number of sulfone groups is 1. The largest absolute Gasteiger partial charge is 0.336 e. The number of para-hydroxylation sites is 2. The number of nitrogens with one attached hydrogen (secondary N) is 1. The highest BCUT2D eigenvalue weighted by Gasteiger charge is 2.19. The van der Waals surface area contributed by atoms with Crippen LogP contribution in [-0.4, -0.2) is 42.3 Å². The minimum Gasteiger partial charge on any atom is -0.320 e. The topological polar surface area (TPSA) is 84.3 Å². The van der Waals surface area contributed by atoms with E-state index >= 15 is 0 Å². The van der Waals surface area contributed by atoms with Gasteiger partial charge in [-0.2, -0.15) is 0 Å². The van der Waals surface area contributed by atoms with Crippen LogP contribution in [0.1, 0.15) is 18.5 Å².